The van der Waals surface area contributed by atoms with E-state index < -0.39 is 0 Å². The fourth-order valence-electron chi connectivity index (χ4n) is 4.00. The quantitative estimate of drug-likeness (QED) is 0.578. The Bertz CT molecular complexity index is 601. The van der Waals surface area contributed by atoms with Crippen LogP contribution in [0.5, 0.6) is 0 Å². The maximum Gasteiger partial charge on any atom is 0.191 e. The Balaban J connectivity index is 1.61. The normalized spacial score (nSPS) is 25.4. The van der Waals surface area contributed by atoms with Crippen LogP contribution in [0.1, 0.15) is 36.4 Å². The molecule has 2 N–H and O–H groups in total. The second-order valence-corrected chi connectivity index (χ2v) is 8.68. The predicted octanol–water partition coefficient (Wildman–Crippen LogP) is 2.82. The van der Waals surface area contributed by atoms with Crippen LogP contribution in [-0.4, -0.2) is 68.3 Å². The lowest BCUT2D eigenvalue weighted by atomic mass is 10.0. The molecule has 3 rings (SSSR count). The Morgan fingerprint density at radius 3 is 2.63 bits per heavy atom. The SMILES string of the molecule is CN=C(NCC(c1ccc(C)cc1)N1CCOCC1)NC1CCC(SC)C1. The number of guanidine groups is 1. The number of rotatable bonds is 6. The minimum atomic E-state index is 0.329. The lowest BCUT2D eigenvalue weighted by molar-refractivity contribution is 0.0170. The van der Waals surface area contributed by atoms with Crippen molar-refractivity contribution in [2.45, 2.75) is 43.5 Å². The fraction of sp³-hybridized carbons (Fsp3) is 0.667. The lowest BCUT2D eigenvalue weighted by Crippen LogP contribution is -2.48. The van der Waals surface area contributed by atoms with Crippen LogP contribution < -0.4 is 10.6 Å². The molecule has 1 saturated carbocycles. The molecule has 3 unspecified atom stereocenters. The zero-order chi connectivity index (χ0) is 19.1. The Labute approximate surface area is 168 Å². The Morgan fingerprint density at radius 1 is 1.26 bits per heavy atom. The van der Waals surface area contributed by atoms with E-state index in [1.165, 1.54) is 30.4 Å². The van der Waals surface area contributed by atoms with Crippen molar-refractivity contribution >= 4 is 17.7 Å². The van der Waals surface area contributed by atoms with Crippen LogP contribution >= 0.6 is 11.8 Å². The number of nitrogens with zero attached hydrogens (tertiary/aromatic N) is 2. The third-order valence-electron chi connectivity index (χ3n) is 5.69. The van der Waals surface area contributed by atoms with Gasteiger partial charge in [0.25, 0.3) is 0 Å². The Kier molecular flexibility index (Phi) is 7.85. The largest absolute Gasteiger partial charge is 0.379 e. The van der Waals surface area contributed by atoms with Crippen molar-refractivity contribution in [3.8, 4) is 0 Å². The predicted molar refractivity (Wildman–Crippen MR) is 116 cm³/mol. The van der Waals surface area contributed by atoms with Crippen LogP contribution in [0.25, 0.3) is 0 Å². The van der Waals surface area contributed by atoms with Crippen molar-refractivity contribution in [1.29, 1.82) is 0 Å². The van der Waals surface area contributed by atoms with Gasteiger partial charge >= 0.3 is 0 Å². The van der Waals surface area contributed by atoms with Gasteiger partial charge in [0.1, 0.15) is 0 Å². The van der Waals surface area contributed by atoms with E-state index in [2.05, 4.69) is 58.0 Å². The molecular formula is C21H34N4OS. The number of aliphatic imine (C=N–C) groups is 1. The number of thioether (sulfide) groups is 1. The van der Waals surface area contributed by atoms with Crippen LogP contribution in [-0.2, 0) is 4.74 Å². The molecule has 2 aliphatic rings. The van der Waals surface area contributed by atoms with Crippen LogP contribution in [0.15, 0.2) is 29.3 Å². The van der Waals surface area contributed by atoms with Crippen molar-refractivity contribution < 1.29 is 4.74 Å². The van der Waals surface area contributed by atoms with Gasteiger partial charge in [-0.3, -0.25) is 9.89 Å². The third-order valence-corrected chi connectivity index (χ3v) is 6.79. The minimum absolute atomic E-state index is 0.329. The van der Waals surface area contributed by atoms with Crippen molar-refractivity contribution in [2.75, 3.05) is 46.2 Å². The van der Waals surface area contributed by atoms with Crippen molar-refractivity contribution in [3.05, 3.63) is 35.4 Å². The van der Waals surface area contributed by atoms with Gasteiger partial charge in [0.2, 0.25) is 0 Å². The van der Waals surface area contributed by atoms with E-state index in [1.807, 2.05) is 18.8 Å². The summed E-state index contributed by atoms with van der Waals surface area (Å²) in [7, 11) is 1.87. The van der Waals surface area contributed by atoms with Crippen molar-refractivity contribution in [1.82, 2.24) is 15.5 Å². The molecule has 1 heterocycles. The van der Waals surface area contributed by atoms with Gasteiger partial charge in [0.15, 0.2) is 5.96 Å². The highest BCUT2D eigenvalue weighted by Crippen LogP contribution is 2.28. The minimum Gasteiger partial charge on any atom is -0.379 e. The monoisotopic (exact) mass is 390 g/mol. The van der Waals surface area contributed by atoms with E-state index in [0.29, 0.717) is 12.1 Å². The summed E-state index contributed by atoms with van der Waals surface area (Å²) in [6.45, 7) is 6.57. The third kappa shape index (κ3) is 5.87. The lowest BCUT2D eigenvalue weighted by Gasteiger charge is -2.35. The van der Waals surface area contributed by atoms with Crippen LogP contribution in [0.4, 0.5) is 0 Å². The smallest absolute Gasteiger partial charge is 0.191 e. The summed E-state index contributed by atoms with van der Waals surface area (Å²) in [5.74, 6) is 0.923. The van der Waals surface area contributed by atoms with E-state index in [1.54, 1.807) is 0 Å². The first-order valence-electron chi connectivity index (χ1n) is 10.1. The van der Waals surface area contributed by atoms with Gasteiger partial charge in [0, 0.05) is 38.0 Å². The first-order chi connectivity index (χ1) is 13.2. The molecule has 0 amide bonds. The van der Waals surface area contributed by atoms with E-state index in [-0.39, 0.29) is 0 Å². The zero-order valence-corrected chi connectivity index (χ0v) is 17.7. The molecule has 0 spiro atoms. The standard InChI is InChI=1S/C21H34N4OS/c1-16-4-6-17(7-5-16)20(25-10-12-26-13-11-25)15-23-21(22-2)24-18-8-9-19(14-18)27-3/h4-7,18-20H,8-15H2,1-3H3,(H2,22,23,24). The van der Waals surface area contributed by atoms with Gasteiger partial charge in [-0.2, -0.15) is 11.8 Å². The van der Waals surface area contributed by atoms with Crippen molar-refractivity contribution in [2.24, 2.45) is 4.99 Å². The summed E-state index contributed by atoms with van der Waals surface area (Å²) in [5, 5.41) is 8.01. The molecule has 2 fully saturated rings. The summed E-state index contributed by atoms with van der Waals surface area (Å²) in [6, 6.07) is 9.79. The number of morpholine rings is 1. The summed E-state index contributed by atoms with van der Waals surface area (Å²) < 4.78 is 5.56. The fourth-order valence-corrected chi connectivity index (χ4v) is 4.80. The van der Waals surface area contributed by atoms with Gasteiger partial charge in [-0.25, -0.2) is 0 Å². The van der Waals surface area contributed by atoms with Crippen LogP contribution in [0, 0.1) is 6.92 Å². The number of hydrogen-bond donors (Lipinski definition) is 2. The molecule has 1 aromatic rings. The average Bonchev–Trinajstić information content (AvgIpc) is 3.17. The molecule has 3 atom stereocenters. The topological polar surface area (TPSA) is 48.9 Å². The maximum atomic E-state index is 5.56. The molecular weight excluding hydrogens is 356 g/mol. The number of ether oxygens (including phenoxy) is 1. The number of aryl methyl sites for hydroxylation is 1. The molecule has 0 bridgehead atoms. The van der Waals surface area contributed by atoms with Crippen LogP contribution in [0.3, 0.4) is 0 Å². The van der Waals surface area contributed by atoms with Gasteiger partial charge in [-0.1, -0.05) is 29.8 Å². The van der Waals surface area contributed by atoms with E-state index >= 15 is 0 Å². The molecule has 1 aromatic carbocycles. The summed E-state index contributed by atoms with van der Waals surface area (Å²) in [5.41, 5.74) is 2.66. The number of hydrogen-bond acceptors (Lipinski definition) is 4. The Morgan fingerprint density at radius 2 is 2.00 bits per heavy atom. The summed E-state index contributed by atoms with van der Waals surface area (Å²) >= 11 is 1.99. The summed E-state index contributed by atoms with van der Waals surface area (Å²) in [4.78, 5) is 6.99. The van der Waals surface area contributed by atoms with Gasteiger partial charge in [0.05, 0.1) is 19.3 Å². The molecule has 27 heavy (non-hydrogen) atoms. The first-order valence-corrected chi connectivity index (χ1v) is 11.4. The molecule has 1 saturated heterocycles. The zero-order valence-electron chi connectivity index (χ0n) is 16.9. The van der Waals surface area contributed by atoms with E-state index in [9.17, 15) is 0 Å². The highest BCUT2D eigenvalue weighted by atomic mass is 32.2. The van der Waals surface area contributed by atoms with Crippen LogP contribution in [0.2, 0.25) is 0 Å². The number of nitrogens with one attached hydrogen (secondary N) is 2. The van der Waals surface area contributed by atoms with Gasteiger partial charge < -0.3 is 15.4 Å². The van der Waals surface area contributed by atoms with E-state index in [4.69, 9.17) is 4.74 Å². The molecule has 1 aliphatic carbocycles. The second kappa shape index (κ2) is 10.3. The second-order valence-electron chi connectivity index (χ2n) is 7.54. The molecule has 5 nitrogen and oxygen atoms in total. The number of benzene rings is 1. The Hall–Kier alpha value is -1.24. The van der Waals surface area contributed by atoms with E-state index in [0.717, 1.165) is 44.1 Å². The maximum absolute atomic E-state index is 5.56. The summed E-state index contributed by atoms with van der Waals surface area (Å²) in [6.07, 6.45) is 5.98. The molecule has 150 valence electrons. The molecule has 0 radical (unpaired) electrons. The first kappa shape index (κ1) is 20.5. The molecule has 6 heteroatoms. The van der Waals surface area contributed by atoms with Gasteiger partial charge in [-0.05, 0) is 38.0 Å². The molecule has 1 aliphatic heterocycles. The average molecular weight is 391 g/mol. The van der Waals surface area contributed by atoms with Gasteiger partial charge in [-0.15, -0.1) is 0 Å². The van der Waals surface area contributed by atoms with Crippen molar-refractivity contribution in [3.63, 3.8) is 0 Å². The highest BCUT2D eigenvalue weighted by molar-refractivity contribution is 7.99. The highest BCUT2D eigenvalue weighted by Gasteiger charge is 2.26. The molecule has 0 aromatic heterocycles.